The van der Waals surface area contributed by atoms with Gasteiger partial charge in [0.25, 0.3) is 5.91 Å². The van der Waals surface area contributed by atoms with Gasteiger partial charge in [0.2, 0.25) is 5.60 Å². The first-order valence-electron chi connectivity index (χ1n) is 3.45. The fourth-order valence-electron chi connectivity index (χ4n) is 0.740. The third kappa shape index (κ3) is 1.92. The van der Waals surface area contributed by atoms with Crippen molar-refractivity contribution in [3.8, 4) is 0 Å². The van der Waals surface area contributed by atoms with E-state index in [2.05, 4.69) is 6.58 Å². The maximum Gasteiger partial charge on any atom is 0.261 e. The topological polar surface area (TPSA) is 57.6 Å². The highest BCUT2D eigenvalue weighted by Crippen LogP contribution is 2.08. The van der Waals surface area contributed by atoms with Gasteiger partial charge < -0.3 is 10.0 Å². The smallest absolute Gasteiger partial charge is 0.261 e. The Morgan fingerprint density at radius 3 is 2.17 bits per heavy atom. The first kappa shape index (κ1) is 10.8. The molecule has 1 amide bonds. The highest BCUT2D eigenvalue weighted by Gasteiger charge is 2.37. The van der Waals surface area contributed by atoms with Gasteiger partial charge in [0, 0.05) is 14.1 Å². The Kier molecular flexibility index (Phi) is 3.15. The van der Waals surface area contributed by atoms with Crippen LogP contribution in [0.2, 0.25) is 0 Å². The Morgan fingerprint density at radius 2 is 1.92 bits per heavy atom. The molecule has 1 atom stereocenters. The van der Waals surface area contributed by atoms with Crippen LogP contribution in [-0.4, -0.2) is 41.4 Å². The summed E-state index contributed by atoms with van der Waals surface area (Å²) >= 11 is 0. The van der Waals surface area contributed by atoms with Crippen molar-refractivity contribution in [3.63, 3.8) is 0 Å². The van der Waals surface area contributed by atoms with E-state index in [0.29, 0.717) is 0 Å². The lowest BCUT2D eigenvalue weighted by atomic mass is 10.00. The van der Waals surface area contributed by atoms with E-state index in [-0.39, 0.29) is 0 Å². The highest BCUT2D eigenvalue weighted by atomic mass is 16.3. The molecule has 0 aromatic heterocycles. The third-order valence-corrected chi connectivity index (χ3v) is 1.49. The number of carbonyl (C=O) groups is 2. The van der Waals surface area contributed by atoms with Crippen LogP contribution >= 0.6 is 0 Å². The number of carbonyl (C=O) groups excluding carboxylic acids is 2. The van der Waals surface area contributed by atoms with Gasteiger partial charge in [0.1, 0.15) is 0 Å². The molecule has 0 saturated carbocycles. The average Bonchev–Trinajstić information content (AvgIpc) is 2.01. The van der Waals surface area contributed by atoms with Crippen molar-refractivity contribution in [2.75, 3.05) is 14.1 Å². The summed E-state index contributed by atoms with van der Waals surface area (Å²) in [4.78, 5) is 23.3. The van der Waals surface area contributed by atoms with Crippen LogP contribution in [0.3, 0.4) is 0 Å². The van der Waals surface area contributed by atoms with Gasteiger partial charge in [0.05, 0.1) is 0 Å². The lowest BCUT2D eigenvalue weighted by Gasteiger charge is -2.22. The second-order valence-corrected chi connectivity index (χ2v) is 2.84. The first-order chi connectivity index (χ1) is 5.34. The molecule has 1 unspecified atom stereocenters. The lowest BCUT2D eigenvalue weighted by Crippen LogP contribution is -2.49. The molecule has 0 radical (unpaired) electrons. The molecular weight excluding hydrogens is 158 g/mol. The van der Waals surface area contributed by atoms with Gasteiger partial charge in [-0.2, -0.15) is 0 Å². The quantitative estimate of drug-likeness (QED) is 0.463. The summed E-state index contributed by atoms with van der Waals surface area (Å²) in [5.41, 5.74) is -1.98. The van der Waals surface area contributed by atoms with Crippen LogP contribution in [0.5, 0.6) is 0 Å². The van der Waals surface area contributed by atoms with Crippen molar-refractivity contribution in [1.29, 1.82) is 0 Å². The zero-order chi connectivity index (χ0) is 9.94. The maximum atomic E-state index is 11.2. The van der Waals surface area contributed by atoms with E-state index >= 15 is 0 Å². The van der Waals surface area contributed by atoms with Gasteiger partial charge in [0.15, 0.2) is 5.78 Å². The zero-order valence-corrected chi connectivity index (χ0v) is 7.50. The number of likely N-dealkylation sites (N-methyl/N-ethyl adjacent to an activating group) is 1. The van der Waals surface area contributed by atoms with E-state index in [1.165, 1.54) is 14.1 Å². The van der Waals surface area contributed by atoms with Gasteiger partial charge >= 0.3 is 0 Å². The SMILES string of the molecule is C=CC(=O)C(C)(O)C(=O)N(C)C. The molecule has 0 aromatic carbocycles. The molecule has 0 fully saturated rings. The molecule has 0 bridgehead atoms. The van der Waals surface area contributed by atoms with Crippen LogP contribution in [0.25, 0.3) is 0 Å². The van der Waals surface area contributed by atoms with Gasteiger partial charge in [-0.05, 0) is 13.0 Å². The molecule has 4 heteroatoms. The molecule has 0 heterocycles. The molecule has 0 aliphatic heterocycles. The Labute approximate surface area is 71.5 Å². The van der Waals surface area contributed by atoms with E-state index in [4.69, 9.17) is 0 Å². The monoisotopic (exact) mass is 171 g/mol. The minimum atomic E-state index is -1.98. The minimum absolute atomic E-state index is 0.646. The number of nitrogens with zero attached hydrogens (tertiary/aromatic N) is 1. The number of hydrogen-bond acceptors (Lipinski definition) is 3. The highest BCUT2D eigenvalue weighted by molar-refractivity contribution is 6.13. The molecule has 0 saturated heterocycles. The normalized spacial score (nSPS) is 14.7. The molecule has 0 aliphatic carbocycles. The second kappa shape index (κ2) is 3.49. The molecule has 0 aliphatic rings. The number of hydrogen-bond donors (Lipinski definition) is 1. The van der Waals surface area contributed by atoms with Crippen molar-refractivity contribution < 1.29 is 14.7 Å². The van der Waals surface area contributed by atoms with Crippen molar-refractivity contribution >= 4 is 11.7 Å². The molecule has 68 valence electrons. The van der Waals surface area contributed by atoms with Crippen molar-refractivity contribution in [3.05, 3.63) is 12.7 Å². The van der Waals surface area contributed by atoms with E-state index < -0.39 is 17.3 Å². The average molecular weight is 171 g/mol. The predicted molar refractivity (Wildman–Crippen MR) is 44.5 cm³/mol. The molecule has 4 nitrogen and oxygen atoms in total. The summed E-state index contributed by atoms with van der Waals surface area (Å²) in [5, 5.41) is 9.41. The van der Waals surface area contributed by atoms with Crippen LogP contribution in [0.4, 0.5) is 0 Å². The standard InChI is InChI=1S/C8H13NO3/c1-5-6(10)8(2,12)7(11)9(3)4/h5,12H,1H2,2-4H3. The number of rotatable bonds is 3. The molecule has 12 heavy (non-hydrogen) atoms. The van der Waals surface area contributed by atoms with Gasteiger partial charge in [-0.1, -0.05) is 6.58 Å². The molecule has 0 rings (SSSR count). The van der Waals surface area contributed by atoms with E-state index in [1.807, 2.05) is 0 Å². The Balaban J connectivity index is 4.72. The molecule has 0 spiro atoms. The van der Waals surface area contributed by atoms with Crippen LogP contribution in [0.15, 0.2) is 12.7 Å². The van der Waals surface area contributed by atoms with E-state index in [1.54, 1.807) is 0 Å². The largest absolute Gasteiger partial charge is 0.373 e. The number of ketones is 1. The van der Waals surface area contributed by atoms with Crippen molar-refractivity contribution in [1.82, 2.24) is 4.90 Å². The number of amides is 1. The fourth-order valence-corrected chi connectivity index (χ4v) is 0.740. The van der Waals surface area contributed by atoms with Crippen molar-refractivity contribution in [2.45, 2.75) is 12.5 Å². The maximum absolute atomic E-state index is 11.2. The van der Waals surface area contributed by atoms with Gasteiger partial charge in [-0.25, -0.2) is 0 Å². The zero-order valence-electron chi connectivity index (χ0n) is 7.50. The molecule has 0 aromatic rings. The summed E-state index contributed by atoms with van der Waals surface area (Å²) < 4.78 is 0. The molecular formula is C8H13NO3. The Morgan fingerprint density at radius 1 is 1.50 bits per heavy atom. The lowest BCUT2D eigenvalue weighted by molar-refractivity contribution is -0.153. The summed E-state index contributed by atoms with van der Waals surface area (Å²) in [5.74, 6) is -1.34. The van der Waals surface area contributed by atoms with E-state index in [9.17, 15) is 14.7 Å². The van der Waals surface area contributed by atoms with Crippen LogP contribution in [0, 0.1) is 0 Å². The second-order valence-electron chi connectivity index (χ2n) is 2.84. The van der Waals surface area contributed by atoms with Gasteiger partial charge in [-0.3, -0.25) is 9.59 Å². The summed E-state index contributed by atoms with van der Waals surface area (Å²) in [6, 6.07) is 0. The summed E-state index contributed by atoms with van der Waals surface area (Å²) in [6.07, 6.45) is 0.932. The Bertz CT molecular complexity index is 218. The minimum Gasteiger partial charge on any atom is -0.373 e. The van der Waals surface area contributed by atoms with Crippen LogP contribution < -0.4 is 0 Å². The van der Waals surface area contributed by atoms with E-state index in [0.717, 1.165) is 17.9 Å². The summed E-state index contributed by atoms with van der Waals surface area (Å²) in [6.45, 7) is 4.34. The third-order valence-electron chi connectivity index (χ3n) is 1.49. The number of aliphatic hydroxyl groups is 1. The Hall–Kier alpha value is -1.16. The molecule has 1 N–H and O–H groups in total. The first-order valence-corrected chi connectivity index (χ1v) is 3.45. The fraction of sp³-hybridized carbons (Fsp3) is 0.500. The van der Waals surface area contributed by atoms with Crippen molar-refractivity contribution in [2.24, 2.45) is 0 Å². The van der Waals surface area contributed by atoms with Gasteiger partial charge in [-0.15, -0.1) is 0 Å². The van der Waals surface area contributed by atoms with Crippen LogP contribution in [0.1, 0.15) is 6.92 Å². The van der Waals surface area contributed by atoms with Crippen LogP contribution in [-0.2, 0) is 9.59 Å². The predicted octanol–water partition coefficient (Wildman–Crippen LogP) is -0.419. The summed E-state index contributed by atoms with van der Waals surface area (Å²) in [7, 11) is 2.93.